The molecule has 3 nitrogen and oxygen atoms in total. The summed E-state index contributed by atoms with van der Waals surface area (Å²) in [6.07, 6.45) is 0. The second kappa shape index (κ2) is 4.83. The van der Waals surface area contributed by atoms with E-state index in [9.17, 15) is 0 Å². The Morgan fingerprint density at radius 3 is 2.89 bits per heavy atom. The SMILES string of the molecule is COc1cccc2c1[nH]c(=S)n2C(C)c1ccsc1. The van der Waals surface area contributed by atoms with E-state index in [4.69, 9.17) is 17.0 Å². The Balaban J connectivity index is 2.24. The highest BCUT2D eigenvalue weighted by Gasteiger charge is 2.15. The van der Waals surface area contributed by atoms with E-state index in [1.54, 1.807) is 18.4 Å². The van der Waals surface area contributed by atoms with Crippen LogP contribution in [0.15, 0.2) is 35.0 Å². The van der Waals surface area contributed by atoms with Gasteiger partial charge in [0.15, 0.2) is 4.77 Å². The van der Waals surface area contributed by atoms with Crippen LogP contribution in [0.3, 0.4) is 0 Å². The standard InChI is InChI=1S/C14H14N2OS2/c1-9(10-6-7-19-8-10)16-11-4-3-5-12(17-2)13(11)15-14(16)18/h3-9H,1-2H3,(H,15,18). The van der Waals surface area contributed by atoms with Crippen LogP contribution in [0.2, 0.25) is 0 Å². The van der Waals surface area contributed by atoms with E-state index < -0.39 is 0 Å². The van der Waals surface area contributed by atoms with Gasteiger partial charge in [0, 0.05) is 0 Å². The molecule has 3 aromatic rings. The monoisotopic (exact) mass is 290 g/mol. The fourth-order valence-corrected chi connectivity index (χ4v) is 3.44. The summed E-state index contributed by atoms with van der Waals surface area (Å²) in [7, 11) is 1.67. The van der Waals surface area contributed by atoms with Crippen LogP contribution in [0.1, 0.15) is 18.5 Å². The molecule has 19 heavy (non-hydrogen) atoms. The smallest absolute Gasteiger partial charge is 0.178 e. The largest absolute Gasteiger partial charge is 0.494 e. The van der Waals surface area contributed by atoms with Crippen molar-refractivity contribution in [2.75, 3.05) is 7.11 Å². The molecular formula is C14H14N2OS2. The van der Waals surface area contributed by atoms with Gasteiger partial charge in [-0.05, 0) is 53.7 Å². The average Bonchev–Trinajstić information content (AvgIpc) is 3.04. The number of nitrogens with one attached hydrogen (secondary N) is 1. The molecule has 1 unspecified atom stereocenters. The maximum Gasteiger partial charge on any atom is 0.178 e. The van der Waals surface area contributed by atoms with E-state index in [1.165, 1.54) is 5.56 Å². The highest BCUT2D eigenvalue weighted by Crippen LogP contribution is 2.29. The molecule has 0 aliphatic rings. The number of aromatic amines is 1. The Labute approximate surface area is 120 Å². The number of nitrogens with zero attached hydrogens (tertiary/aromatic N) is 1. The second-order valence-corrected chi connectivity index (χ2v) is 5.55. The fourth-order valence-electron chi connectivity index (χ4n) is 2.34. The molecule has 5 heteroatoms. The third kappa shape index (κ3) is 1.99. The predicted molar refractivity (Wildman–Crippen MR) is 81.8 cm³/mol. The van der Waals surface area contributed by atoms with Gasteiger partial charge in [-0.1, -0.05) is 6.07 Å². The molecule has 0 spiro atoms. The Morgan fingerprint density at radius 1 is 1.37 bits per heavy atom. The zero-order chi connectivity index (χ0) is 13.4. The zero-order valence-corrected chi connectivity index (χ0v) is 12.3. The van der Waals surface area contributed by atoms with Gasteiger partial charge in [-0.2, -0.15) is 11.3 Å². The quantitative estimate of drug-likeness (QED) is 0.726. The molecule has 0 amide bonds. The Kier molecular flexibility index (Phi) is 3.16. The number of methoxy groups -OCH3 is 1. The van der Waals surface area contributed by atoms with E-state index in [0.29, 0.717) is 0 Å². The van der Waals surface area contributed by atoms with Gasteiger partial charge in [0.25, 0.3) is 0 Å². The number of hydrogen-bond donors (Lipinski definition) is 1. The highest BCUT2D eigenvalue weighted by molar-refractivity contribution is 7.71. The van der Waals surface area contributed by atoms with E-state index in [2.05, 4.69) is 39.4 Å². The number of benzene rings is 1. The van der Waals surface area contributed by atoms with Gasteiger partial charge in [-0.3, -0.25) is 0 Å². The first-order valence-electron chi connectivity index (χ1n) is 6.01. The van der Waals surface area contributed by atoms with Gasteiger partial charge in [0.05, 0.1) is 18.7 Å². The normalized spacial score (nSPS) is 12.7. The van der Waals surface area contributed by atoms with Crippen LogP contribution in [-0.2, 0) is 0 Å². The lowest BCUT2D eigenvalue weighted by Gasteiger charge is -2.13. The lowest BCUT2D eigenvalue weighted by molar-refractivity contribution is 0.419. The number of rotatable bonds is 3. The minimum Gasteiger partial charge on any atom is -0.494 e. The highest BCUT2D eigenvalue weighted by atomic mass is 32.1. The molecule has 2 aromatic heterocycles. The van der Waals surface area contributed by atoms with Crippen molar-refractivity contribution in [3.63, 3.8) is 0 Å². The summed E-state index contributed by atoms with van der Waals surface area (Å²) in [4.78, 5) is 3.25. The molecule has 98 valence electrons. The molecule has 2 heterocycles. The number of H-pyrrole nitrogens is 1. The number of imidazole rings is 1. The molecule has 1 N–H and O–H groups in total. The summed E-state index contributed by atoms with van der Waals surface area (Å²) in [6, 6.07) is 8.33. The van der Waals surface area contributed by atoms with E-state index in [-0.39, 0.29) is 6.04 Å². The van der Waals surface area contributed by atoms with Gasteiger partial charge in [-0.15, -0.1) is 0 Å². The third-order valence-electron chi connectivity index (χ3n) is 3.35. The van der Waals surface area contributed by atoms with Gasteiger partial charge in [-0.25, -0.2) is 0 Å². The number of hydrogen-bond acceptors (Lipinski definition) is 3. The first-order chi connectivity index (χ1) is 9.22. The second-order valence-electron chi connectivity index (χ2n) is 4.39. The van der Waals surface area contributed by atoms with Crippen LogP contribution >= 0.6 is 23.6 Å². The summed E-state index contributed by atoms with van der Waals surface area (Å²) in [5.74, 6) is 0.819. The molecule has 1 aromatic carbocycles. The molecule has 1 atom stereocenters. The molecule has 0 aliphatic carbocycles. The van der Waals surface area contributed by atoms with Crippen molar-refractivity contribution in [2.24, 2.45) is 0 Å². The van der Waals surface area contributed by atoms with Crippen molar-refractivity contribution in [2.45, 2.75) is 13.0 Å². The van der Waals surface area contributed by atoms with Gasteiger partial charge in [0.1, 0.15) is 11.3 Å². The van der Waals surface area contributed by atoms with Crippen LogP contribution in [0, 0.1) is 4.77 Å². The number of para-hydroxylation sites is 1. The summed E-state index contributed by atoms with van der Waals surface area (Å²) in [6.45, 7) is 2.16. The molecule has 0 saturated heterocycles. The number of fused-ring (bicyclic) bond motifs is 1. The topological polar surface area (TPSA) is 29.9 Å². The Hall–Kier alpha value is -1.59. The molecule has 0 bridgehead atoms. The predicted octanol–water partition coefficient (Wildman–Crippen LogP) is 4.38. The van der Waals surface area contributed by atoms with Crippen LogP contribution in [-0.4, -0.2) is 16.7 Å². The minimum atomic E-state index is 0.208. The van der Waals surface area contributed by atoms with Crippen molar-refractivity contribution in [3.05, 3.63) is 45.4 Å². The summed E-state index contributed by atoms with van der Waals surface area (Å²) in [5, 5.41) is 4.25. The third-order valence-corrected chi connectivity index (χ3v) is 4.35. The molecular weight excluding hydrogens is 276 g/mol. The van der Waals surface area contributed by atoms with Gasteiger partial charge >= 0.3 is 0 Å². The summed E-state index contributed by atoms with van der Waals surface area (Å²) < 4.78 is 8.23. The van der Waals surface area contributed by atoms with E-state index in [1.807, 2.05) is 12.1 Å². The lowest BCUT2D eigenvalue weighted by atomic mass is 10.1. The Bertz CT molecular complexity index is 755. The number of ether oxygens (including phenoxy) is 1. The lowest BCUT2D eigenvalue weighted by Crippen LogP contribution is -2.05. The van der Waals surface area contributed by atoms with Crippen LogP contribution in [0.4, 0.5) is 0 Å². The number of aromatic nitrogens is 2. The molecule has 0 aliphatic heterocycles. The van der Waals surface area contributed by atoms with Gasteiger partial charge < -0.3 is 14.3 Å². The summed E-state index contributed by atoms with van der Waals surface area (Å²) in [5.41, 5.74) is 3.30. The molecule has 0 radical (unpaired) electrons. The van der Waals surface area contributed by atoms with Crippen molar-refractivity contribution in [1.29, 1.82) is 0 Å². The fraction of sp³-hybridized carbons (Fsp3) is 0.214. The summed E-state index contributed by atoms with van der Waals surface area (Å²) >= 11 is 7.17. The van der Waals surface area contributed by atoms with Crippen molar-refractivity contribution < 1.29 is 4.74 Å². The van der Waals surface area contributed by atoms with Gasteiger partial charge in [0.2, 0.25) is 0 Å². The minimum absolute atomic E-state index is 0.208. The van der Waals surface area contributed by atoms with Crippen LogP contribution < -0.4 is 4.74 Å². The zero-order valence-electron chi connectivity index (χ0n) is 10.7. The number of thiophene rings is 1. The van der Waals surface area contributed by atoms with Crippen molar-refractivity contribution in [1.82, 2.24) is 9.55 Å². The van der Waals surface area contributed by atoms with Crippen molar-refractivity contribution >= 4 is 34.6 Å². The average molecular weight is 290 g/mol. The van der Waals surface area contributed by atoms with Crippen LogP contribution in [0.5, 0.6) is 5.75 Å². The first kappa shape index (κ1) is 12.4. The van der Waals surface area contributed by atoms with Crippen molar-refractivity contribution in [3.8, 4) is 5.75 Å². The first-order valence-corrected chi connectivity index (χ1v) is 7.37. The maximum atomic E-state index is 5.47. The maximum absolute atomic E-state index is 5.47. The van der Waals surface area contributed by atoms with Crippen LogP contribution in [0.25, 0.3) is 11.0 Å². The van der Waals surface area contributed by atoms with E-state index in [0.717, 1.165) is 21.6 Å². The molecule has 0 fully saturated rings. The molecule has 3 rings (SSSR count). The van der Waals surface area contributed by atoms with E-state index >= 15 is 0 Å². The molecule has 0 saturated carbocycles. The Morgan fingerprint density at radius 2 is 2.21 bits per heavy atom.